The van der Waals surface area contributed by atoms with Crippen molar-refractivity contribution >= 4 is 29.3 Å². The van der Waals surface area contributed by atoms with Crippen molar-refractivity contribution in [1.29, 1.82) is 0 Å². The van der Waals surface area contributed by atoms with Gasteiger partial charge in [0.05, 0.1) is 0 Å². The number of ether oxygens (including phenoxy) is 1. The van der Waals surface area contributed by atoms with E-state index in [9.17, 15) is 14.4 Å². The molecule has 0 aromatic heterocycles. The monoisotopic (exact) mass is 277 g/mol. The predicted molar refractivity (Wildman–Crippen MR) is 72.3 cm³/mol. The summed E-state index contributed by atoms with van der Waals surface area (Å²) in [6, 6.07) is 6.11. The van der Waals surface area contributed by atoms with Crippen molar-refractivity contribution in [3.8, 4) is 0 Å². The Balaban J connectivity index is 2.04. The van der Waals surface area contributed by atoms with Crippen LogP contribution in [0.5, 0.6) is 0 Å². The van der Waals surface area contributed by atoms with Gasteiger partial charge in [0.2, 0.25) is 5.91 Å². The Morgan fingerprint density at radius 2 is 1.95 bits per heavy atom. The molecule has 1 aliphatic heterocycles. The summed E-state index contributed by atoms with van der Waals surface area (Å²) in [4.78, 5) is 35.4. The van der Waals surface area contributed by atoms with Crippen molar-refractivity contribution in [1.82, 2.24) is 4.90 Å². The molecular weight excluding hydrogens is 262 g/mol. The number of cyclic esters (lactones) is 1. The lowest BCUT2D eigenvalue weighted by atomic mass is 10.2. The Labute approximate surface area is 115 Å². The van der Waals surface area contributed by atoms with Gasteiger partial charge in [-0.2, -0.15) is 0 Å². The molecule has 1 aromatic rings. The van der Waals surface area contributed by atoms with Gasteiger partial charge in [0.1, 0.15) is 12.6 Å². The van der Waals surface area contributed by atoms with E-state index in [2.05, 4.69) is 10.6 Å². The lowest BCUT2D eigenvalue weighted by Crippen LogP contribution is -2.40. The summed E-state index contributed by atoms with van der Waals surface area (Å²) in [6.45, 7) is 1.44. The van der Waals surface area contributed by atoms with Crippen molar-refractivity contribution in [2.75, 3.05) is 24.3 Å². The van der Waals surface area contributed by atoms with Crippen LogP contribution in [0.25, 0.3) is 0 Å². The minimum atomic E-state index is -0.646. The summed E-state index contributed by atoms with van der Waals surface area (Å²) in [6.07, 6.45) is -0.517. The number of benzene rings is 1. The molecule has 7 nitrogen and oxygen atoms in total. The van der Waals surface area contributed by atoms with Crippen LogP contribution in [0.3, 0.4) is 0 Å². The van der Waals surface area contributed by atoms with E-state index in [1.807, 2.05) is 0 Å². The van der Waals surface area contributed by atoms with Gasteiger partial charge in [-0.25, -0.2) is 4.79 Å². The largest absolute Gasteiger partial charge is 0.447 e. The Morgan fingerprint density at radius 1 is 1.30 bits per heavy atom. The van der Waals surface area contributed by atoms with Crippen molar-refractivity contribution in [2.24, 2.45) is 0 Å². The minimum Gasteiger partial charge on any atom is -0.447 e. The van der Waals surface area contributed by atoms with Crippen LogP contribution in [-0.2, 0) is 14.3 Å². The van der Waals surface area contributed by atoms with Crippen molar-refractivity contribution in [3.63, 3.8) is 0 Å². The van der Waals surface area contributed by atoms with E-state index in [1.54, 1.807) is 24.3 Å². The highest BCUT2D eigenvalue weighted by molar-refractivity contribution is 5.98. The molecule has 0 spiro atoms. The van der Waals surface area contributed by atoms with Crippen LogP contribution in [0.15, 0.2) is 24.3 Å². The first-order chi connectivity index (χ1) is 9.47. The molecule has 106 valence electrons. The summed E-state index contributed by atoms with van der Waals surface area (Å²) >= 11 is 0. The van der Waals surface area contributed by atoms with Crippen molar-refractivity contribution in [2.45, 2.75) is 13.0 Å². The van der Waals surface area contributed by atoms with E-state index >= 15 is 0 Å². The van der Waals surface area contributed by atoms with Gasteiger partial charge in [-0.05, 0) is 18.2 Å². The van der Waals surface area contributed by atoms with E-state index < -0.39 is 12.1 Å². The van der Waals surface area contributed by atoms with Gasteiger partial charge in [-0.1, -0.05) is 6.07 Å². The van der Waals surface area contributed by atoms with Crippen LogP contribution in [0.4, 0.5) is 16.2 Å². The molecule has 1 saturated heterocycles. The molecule has 0 bridgehead atoms. The number of amides is 3. The summed E-state index contributed by atoms with van der Waals surface area (Å²) in [5.41, 5.74) is 1.12. The van der Waals surface area contributed by atoms with Gasteiger partial charge in [-0.3, -0.25) is 14.5 Å². The van der Waals surface area contributed by atoms with E-state index in [-0.39, 0.29) is 18.4 Å². The molecule has 1 aromatic carbocycles. The third-order valence-corrected chi connectivity index (χ3v) is 2.87. The van der Waals surface area contributed by atoms with E-state index in [4.69, 9.17) is 4.74 Å². The second-order valence-corrected chi connectivity index (χ2v) is 4.45. The molecule has 0 aliphatic carbocycles. The number of carbonyl (C=O) groups is 3. The maximum Gasteiger partial charge on any atom is 0.410 e. The zero-order valence-electron chi connectivity index (χ0n) is 11.2. The number of anilines is 2. The van der Waals surface area contributed by atoms with Crippen molar-refractivity contribution < 1.29 is 19.1 Å². The fourth-order valence-corrected chi connectivity index (χ4v) is 1.85. The average Bonchev–Trinajstić information content (AvgIpc) is 2.69. The first-order valence-electron chi connectivity index (χ1n) is 6.05. The van der Waals surface area contributed by atoms with Gasteiger partial charge in [0.15, 0.2) is 0 Å². The highest BCUT2D eigenvalue weighted by atomic mass is 16.6. The fourth-order valence-electron chi connectivity index (χ4n) is 1.85. The second kappa shape index (κ2) is 5.60. The third-order valence-electron chi connectivity index (χ3n) is 2.87. The summed E-state index contributed by atoms with van der Waals surface area (Å²) in [7, 11) is 1.51. The van der Waals surface area contributed by atoms with Crippen molar-refractivity contribution in [3.05, 3.63) is 24.3 Å². The van der Waals surface area contributed by atoms with Gasteiger partial charge in [-0.15, -0.1) is 0 Å². The molecule has 1 unspecified atom stereocenters. The number of hydrogen-bond acceptors (Lipinski definition) is 4. The van der Waals surface area contributed by atoms with E-state index in [1.165, 1.54) is 18.9 Å². The van der Waals surface area contributed by atoms with Crippen LogP contribution in [0.2, 0.25) is 0 Å². The van der Waals surface area contributed by atoms with E-state index in [0.717, 1.165) is 0 Å². The van der Waals surface area contributed by atoms with Crippen LogP contribution >= 0.6 is 0 Å². The molecule has 1 heterocycles. The molecule has 2 rings (SSSR count). The maximum absolute atomic E-state index is 12.0. The van der Waals surface area contributed by atoms with Gasteiger partial charge < -0.3 is 15.4 Å². The normalized spacial score (nSPS) is 17.6. The average molecular weight is 277 g/mol. The molecule has 1 aliphatic rings. The topological polar surface area (TPSA) is 87.7 Å². The van der Waals surface area contributed by atoms with Gasteiger partial charge in [0, 0.05) is 25.3 Å². The summed E-state index contributed by atoms with van der Waals surface area (Å²) in [5, 5.41) is 5.31. The Kier molecular flexibility index (Phi) is 3.88. The lowest BCUT2D eigenvalue weighted by molar-refractivity contribution is -0.119. The molecule has 0 radical (unpaired) electrons. The highest BCUT2D eigenvalue weighted by Crippen LogP contribution is 2.17. The lowest BCUT2D eigenvalue weighted by Gasteiger charge is -2.16. The molecular formula is C13H15N3O4. The van der Waals surface area contributed by atoms with Gasteiger partial charge >= 0.3 is 6.09 Å². The standard InChI is InChI=1S/C13H15N3O4/c1-8(17)14-9-4-3-5-10(6-9)15-12(18)11-7-20-13(19)16(11)2/h3-6,11H,7H2,1-2H3,(H,14,17)(H,15,18). The third kappa shape index (κ3) is 3.05. The SMILES string of the molecule is CC(=O)Nc1cccc(NC(=O)C2COC(=O)N2C)c1. The number of likely N-dealkylation sites (N-methyl/N-ethyl adjacent to an activating group) is 1. The molecule has 7 heteroatoms. The molecule has 3 amide bonds. The minimum absolute atomic E-state index is 0.0343. The van der Waals surface area contributed by atoms with E-state index in [0.29, 0.717) is 11.4 Å². The first-order valence-corrected chi connectivity index (χ1v) is 6.05. The summed E-state index contributed by atoms with van der Waals surface area (Å²) in [5.74, 6) is -0.527. The number of carbonyl (C=O) groups excluding carboxylic acids is 3. The molecule has 1 atom stereocenters. The Hall–Kier alpha value is -2.57. The predicted octanol–water partition coefficient (Wildman–Crippen LogP) is 1.03. The highest BCUT2D eigenvalue weighted by Gasteiger charge is 2.35. The second-order valence-electron chi connectivity index (χ2n) is 4.45. The van der Waals surface area contributed by atoms with Crippen LogP contribution in [-0.4, -0.2) is 42.5 Å². The van der Waals surface area contributed by atoms with Crippen LogP contribution in [0.1, 0.15) is 6.92 Å². The first kappa shape index (κ1) is 13.9. The molecule has 1 fully saturated rings. The Bertz CT molecular complexity index is 558. The molecule has 20 heavy (non-hydrogen) atoms. The number of nitrogens with zero attached hydrogens (tertiary/aromatic N) is 1. The number of hydrogen-bond donors (Lipinski definition) is 2. The zero-order chi connectivity index (χ0) is 14.7. The number of nitrogens with one attached hydrogen (secondary N) is 2. The maximum atomic E-state index is 12.0. The molecule has 2 N–H and O–H groups in total. The quantitative estimate of drug-likeness (QED) is 0.864. The molecule has 0 saturated carbocycles. The zero-order valence-corrected chi connectivity index (χ0v) is 11.2. The fraction of sp³-hybridized carbons (Fsp3) is 0.308. The number of rotatable bonds is 3. The van der Waals surface area contributed by atoms with Crippen LogP contribution in [0, 0.1) is 0 Å². The van der Waals surface area contributed by atoms with Gasteiger partial charge in [0.25, 0.3) is 5.91 Å². The summed E-state index contributed by atoms with van der Waals surface area (Å²) < 4.78 is 4.78. The smallest absolute Gasteiger partial charge is 0.410 e. The Morgan fingerprint density at radius 3 is 2.50 bits per heavy atom. The van der Waals surface area contributed by atoms with Crippen LogP contribution < -0.4 is 10.6 Å².